The minimum absolute atomic E-state index is 0.129. The minimum atomic E-state index is -0.129. The molecular formula is C18H18N2S. The quantitative estimate of drug-likeness (QED) is 0.838. The van der Waals surface area contributed by atoms with E-state index >= 15 is 0 Å². The van der Waals surface area contributed by atoms with Crippen LogP contribution in [0.1, 0.15) is 18.1 Å². The first-order valence-electron chi connectivity index (χ1n) is 7.40. The first-order valence-corrected chi connectivity index (χ1v) is 8.28. The van der Waals surface area contributed by atoms with Crippen molar-refractivity contribution >= 4 is 16.9 Å². The summed E-state index contributed by atoms with van der Waals surface area (Å²) in [7, 11) is 0. The Morgan fingerprint density at radius 3 is 2.14 bits per heavy atom. The van der Waals surface area contributed by atoms with Gasteiger partial charge in [0.2, 0.25) is 0 Å². The highest BCUT2D eigenvalue weighted by Crippen LogP contribution is 2.46. The summed E-state index contributed by atoms with van der Waals surface area (Å²) in [5.74, 6) is 0. The molecule has 1 saturated heterocycles. The predicted molar refractivity (Wildman–Crippen MR) is 89.7 cm³/mol. The van der Waals surface area contributed by atoms with Crippen LogP contribution in [0.2, 0.25) is 0 Å². The number of benzene rings is 2. The highest BCUT2D eigenvalue weighted by molar-refractivity contribution is 8.14. The predicted octanol–water partition coefficient (Wildman–Crippen LogP) is 3.74. The van der Waals surface area contributed by atoms with Gasteiger partial charge in [0.1, 0.15) is 5.54 Å². The molecule has 2 aromatic rings. The Balaban J connectivity index is 1.89. The second kappa shape index (κ2) is 4.92. The van der Waals surface area contributed by atoms with Gasteiger partial charge in [0.25, 0.3) is 0 Å². The summed E-state index contributed by atoms with van der Waals surface area (Å²) >= 11 is 1.90. The first kappa shape index (κ1) is 13.0. The summed E-state index contributed by atoms with van der Waals surface area (Å²) in [4.78, 5) is 7.37. The maximum Gasteiger partial charge on any atom is 0.160 e. The van der Waals surface area contributed by atoms with Crippen LogP contribution < -0.4 is 0 Å². The molecule has 0 spiro atoms. The molecule has 1 atom stereocenters. The van der Waals surface area contributed by atoms with Gasteiger partial charge in [-0.05, 0) is 11.1 Å². The normalized spacial score (nSPS) is 23.0. The molecule has 0 amide bonds. The molecule has 106 valence electrons. The number of aliphatic imine (C=N–C) groups is 1. The first-order chi connectivity index (χ1) is 10.3. The summed E-state index contributed by atoms with van der Waals surface area (Å²) in [6.07, 6.45) is 0. The number of nitrogens with zero attached hydrogens (tertiary/aromatic N) is 2. The van der Waals surface area contributed by atoms with E-state index in [2.05, 4.69) is 72.5 Å². The molecule has 0 aromatic heterocycles. The zero-order valence-electron chi connectivity index (χ0n) is 12.1. The fourth-order valence-corrected chi connectivity index (χ4v) is 4.49. The summed E-state index contributed by atoms with van der Waals surface area (Å²) in [6.45, 7) is 4.16. The van der Waals surface area contributed by atoms with E-state index in [0.29, 0.717) is 5.25 Å². The van der Waals surface area contributed by atoms with Crippen LogP contribution in [-0.4, -0.2) is 28.4 Å². The summed E-state index contributed by atoms with van der Waals surface area (Å²) < 4.78 is 0. The molecule has 21 heavy (non-hydrogen) atoms. The van der Waals surface area contributed by atoms with E-state index in [-0.39, 0.29) is 5.54 Å². The van der Waals surface area contributed by atoms with Crippen LogP contribution in [0.4, 0.5) is 0 Å². The molecule has 2 aliphatic rings. The summed E-state index contributed by atoms with van der Waals surface area (Å²) in [6, 6.07) is 21.6. The van der Waals surface area contributed by atoms with E-state index in [1.807, 2.05) is 11.8 Å². The third-order valence-corrected chi connectivity index (χ3v) is 5.50. The molecular weight excluding hydrogens is 276 g/mol. The Morgan fingerprint density at radius 2 is 1.57 bits per heavy atom. The molecule has 0 aliphatic carbocycles. The Hall–Kier alpha value is -1.74. The third-order valence-electron chi connectivity index (χ3n) is 4.38. The lowest BCUT2D eigenvalue weighted by atomic mass is 9.82. The second-order valence-corrected chi connectivity index (χ2v) is 7.14. The standard InChI is InChI=1S/C18H18N2S/c1-14-12-20-17(21-14)19-13-18(20,15-8-4-2-5-9-15)16-10-6-3-7-11-16/h2-11,14H,12-13H2,1H3. The van der Waals surface area contributed by atoms with Crippen molar-refractivity contribution in [3.05, 3.63) is 71.8 Å². The Bertz CT molecular complexity index is 627. The third kappa shape index (κ3) is 1.91. The lowest BCUT2D eigenvalue weighted by molar-refractivity contribution is 0.264. The lowest BCUT2D eigenvalue weighted by Crippen LogP contribution is -2.46. The second-order valence-electron chi connectivity index (χ2n) is 5.73. The average Bonchev–Trinajstić information content (AvgIpc) is 3.07. The molecule has 0 N–H and O–H groups in total. The van der Waals surface area contributed by atoms with Gasteiger partial charge in [0.05, 0.1) is 6.54 Å². The van der Waals surface area contributed by atoms with Crippen molar-refractivity contribution in [2.75, 3.05) is 13.1 Å². The topological polar surface area (TPSA) is 15.6 Å². The summed E-state index contributed by atoms with van der Waals surface area (Å²) in [5, 5.41) is 1.81. The van der Waals surface area contributed by atoms with Gasteiger partial charge in [0, 0.05) is 11.8 Å². The van der Waals surface area contributed by atoms with E-state index in [4.69, 9.17) is 4.99 Å². The van der Waals surface area contributed by atoms with Gasteiger partial charge >= 0.3 is 0 Å². The van der Waals surface area contributed by atoms with Crippen molar-refractivity contribution in [1.29, 1.82) is 0 Å². The molecule has 2 heterocycles. The fourth-order valence-electron chi connectivity index (χ4n) is 3.41. The van der Waals surface area contributed by atoms with Gasteiger partial charge in [-0.15, -0.1) is 0 Å². The van der Waals surface area contributed by atoms with Crippen molar-refractivity contribution < 1.29 is 0 Å². The molecule has 0 radical (unpaired) electrons. The van der Waals surface area contributed by atoms with Crippen molar-refractivity contribution in [3.63, 3.8) is 0 Å². The highest BCUT2D eigenvalue weighted by atomic mass is 32.2. The van der Waals surface area contributed by atoms with Crippen LogP contribution in [0.5, 0.6) is 0 Å². The van der Waals surface area contributed by atoms with Gasteiger partial charge < -0.3 is 4.90 Å². The fraction of sp³-hybridized carbons (Fsp3) is 0.278. The van der Waals surface area contributed by atoms with Gasteiger partial charge in [-0.25, -0.2) is 0 Å². The largest absolute Gasteiger partial charge is 0.335 e. The zero-order chi connectivity index (χ0) is 14.3. The maximum absolute atomic E-state index is 4.86. The molecule has 0 saturated carbocycles. The van der Waals surface area contributed by atoms with Gasteiger partial charge in [-0.2, -0.15) is 0 Å². The Morgan fingerprint density at radius 1 is 1.00 bits per heavy atom. The smallest absolute Gasteiger partial charge is 0.160 e. The number of rotatable bonds is 2. The van der Waals surface area contributed by atoms with E-state index in [1.54, 1.807) is 0 Å². The van der Waals surface area contributed by atoms with Gasteiger partial charge in [-0.3, -0.25) is 4.99 Å². The van der Waals surface area contributed by atoms with Crippen LogP contribution in [-0.2, 0) is 5.54 Å². The van der Waals surface area contributed by atoms with Crippen molar-refractivity contribution in [2.45, 2.75) is 17.7 Å². The number of amidine groups is 1. The van der Waals surface area contributed by atoms with Crippen LogP contribution in [0.25, 0.3) is 0 Å². The molecule has 4 rings (SSSR count). The number of thioether (sulfide) groups is 1. The molecule has 2 nitrogen and oxygen atoms in total. The van der Waals surface area contributed by atoms with Crippen molar-refractivity contribution in [3.8, 4) is 0 Å². The molecule has 3 heteroatoms. The van der Waals surface area contributed by atoms with E-state index in [0.717, 1.165) is 13.1 Å². The van der Waals surface area contributed by atoms with Gasteiger partial charge in [0.15, 0.2) is 5.17 Å². The van der Waals surface area contributed by atoms with E-state index in [1.165, 1.54) is 16.3 Å². The minimum Gasteiger partial charge on any atom is -0.335 e. The van der Waals surface area contributed by atoms with Crippen molar-refractivity contribution in [2.24, 2.45) is 4.99 Å². The maximum atomic E-state index is 4.86. The Labute approximate surface area is 129 Å². The number of hydrogen-bond donors (Lipinski definition) is 0. The SMILES string of the molecule is CC1CN2C(=NCC2(c2ccccc2)c2ccccc2)S1. The van der Waals surface area contributed by atoms with Crippen LogP contribution in [0.15, 0.2) is 65.7 Å². The van der Waals surface area contributed by atoms with E-state index < -0.39 is 0 Å². The highest BCUT2D eigenvalue weighted by Gasteiger charge is 2.49. The van der Waals surface area contributed by atoms with Crippen LogP contribution in [0, 0.1) is 0 Å². The molecule has 1 unspecified atom stereocenters. The number of fused-ring (bicyclic) bond motifs is 1. The molecule has 2 aromatic carbocycles. The van der Waals surface area contributed by atoms with Crippen LogP contribution >= 0.6 is 11.8 Å². The zero-order valence-corrected chi connectivity index (χ0v) is 12.9. The molecule has 2 aliphatic heterocycles. The lowest BCUT2D eigenvalue weighted by Gasteiger charge is -2.38. The number of hydrogen-bond acceptors (Lipinski definition) is 3. The van der Waals surface area contributed by atoms with Gasteiger partial charge in [-0.1, -0.05) is 79.3 Å². The summed E-state index contributed by atoms with van der Waals surface area (Å²) in [5.41, 5.74) is 2.55. The van der Waals surface area contributed by atoms with Crippen LogP contribution in [0.3, 0.4) is 0 Å². The molecule has 1 fully saturated rings. The molecule has 0 bridgehead atoms. The van der Waals surface area contributed by atoms with E-state index in [9.17, 15) is 0 Å². The Kier molecular flexibility index (Phi) is 3.03. The van der Waals surface area contributed by atoms with Crippen molar-refractivity contribution in [1.82, 2.24) is 4.90 Å². The monoisotopic (exact) mass is 294 g/mol. The average molecular weight is 294 g/mol.